The molecule has 116 valence electrons. The van der Waals surface area contributed by atoms with E-state index in [4.69, 9.17) is 0 Å². The van der Waals surface area contributed by atoms with Crippen molar-refractivity contribution < 1.29 is 9.90 Å². The summed E-state index contributed by atoms with van der Waals surface area (Å²) in [6, 6.07) is 5.83. The van der Waals surface area contributed by atoms with Crippen molar-refractivity contribution in [3.63, 3.8) is 0 Å². The highest BCUT2D eigenvalue weighted by atomic mass is 16.3. The fraction of sp³-hybridized carbons (Fsp3) is 0.588. The van der Waals surface area contributed by atoms with Crippen molar-refractivity contribution in [2.45, 2.75) is 45.6 Å². The first-order chi connectivity index (χ1) is 10.2. The van der Waals surface area contributed by atoms with Gasteiger partial charge in [-0.3, -0.25) is 4.79 Å². The molecule has 1 aliphatic heterocycles. The number of amides is 1. The first-order valence-electron chi connectivity index (χ1n) is 7.93. The van der Waals surface area contributed by atoms with Crippen LogP contribution in [-0.2, 0) is 0 Å². The van der Waals surface area contributed by atoms with Crippen LogP contribution in [0.1, 0.15) is 48.5 Å². The van der Waals surface area contributed by atoms with Gasteiger partial charge in [-0.15, -0.1) is 0 Å². The van der Waals surface area contributed by atoms with E-state index in [1.807, 2.05) is 30.0 Å². The van der Waals surface area contributed by atoms with Gasteiger partial charge < -0.3 is 15.3 Å². The van der Waals surface area contributed by atoms with Crippen LogP contribution in [0.4, 0.5) is 5.69 Å². The predicted octanol–water partition coefficient (Wildman–Crippen LogP) is 2.80. The maximum absolute atomic E-state index is 12.8. The molecule has 0 bridgehead atoms. The molecule has 2 rings (SSSR count). The summed E-state index contributed by atoms with van der Waals surface area (Å²) in [7, 11) is 0. The Morgan fingerprint density at radius 1 is 1.38 bits per heavy atom. The number of carbonyl (C=O) groups is 1. The summed E-state index contributed by atoms with van der Waals surface area (Å²) in [6.45, 7) is 5.70. The van der Waals surface area contributed by atoms with E-state index in [1.54, 1.807) is 0 Å². The van der Waals surface area contributed by atoms with Crippen LogP contribution >= 0.6 is 0 Å². The highest BCUT2D eigenvalue weighted by Gasteiger charge is 2.26. The molecule has 1 aromatic carbocycles. The molecule has 0 aromatic heterocycles. The first-order valence-corrected chi connectivity index (χ1v) is 7.93. The third-order valence-corrected chi connectivity index (χ3v) is 4.19. The standard InChI is InChI=1S/C17H26N2O2/c1-3-18-14-8-9-16(13(2)11-14)17(21)19-10-6-4-5-7-15(19)12-20/h8-9,11,15,18,20H,3-7,10,12H2,1-2H3. The van der Waals surface area contributed by atoms with E-state index in [2.05, 4.69) is 12.2 Å². The van der Waals surface area contributed by atoms with Gasteiger partial charge >= 0.3 is 0 Å². The molecule has 1 aliphatic rings. The summed E-state index contributed by atoms with van der Waals surface area (Å²) in [5, 5.41) is 12.8. The fourth-order valence-electron chi connectivity index (χ4n) is 3.01. The molecule has 0 saturated carbocycles. The Morgan fingerprint density at radius 2 is 2.19 bits per heavy atom. The Bertz CT molecular complexity index is 488. The molecule has 1 heterocycles. The average molecular weight is 290 g/mol. The number of nitrogens with one attached hydrogen (secondary N) is 1. The van der Waals surface area contributed by atoms with E-state index in [1.165, 1.54) is 0 Å². The van der Waals surface area contributed by atoms with E-state index in [-0.39, 0.29) is 18.6 Å². The van der Waals surface area contributed by atoms with Crippen LogP contribution in [0.3, 0.4) is 0 Å². The van der Waals surface area contributed by atoms with Gasteiger partial charge in [0.2, 0.25) is 0 Å². The molecule has 0 spiro atoms. The molecule has 1 aromatic rings. The lowest BCUT2D eigenvalue weighted by Crippen LogP contribution is -2.42. The van der Waals surface area contributed by atoms with Gasteiger partial charge in [-0.25, -0.2) is 0 Å². The van der Waals surface area contributed by atoms with Crippen LogP contribution < -0.4 is 5.32 Å². The second-order valence-electron chi connectivity index (χ2n) is 5.74. The van der Waals surface area contributed by atoms with E-state index < -0.39 is 0 Å². The Kier molecular flexibility index (Phi) is 5.62. The summed E-state index contributed by atoms with van der Waals surface area (Å²) in [5.74, 6) is 0.0523. The maximum Gasteiger partial charge on any atom is 0.254 e. The van der Waals surface area contributed by atoms with Gasteiger partial charge in [0, 0.05) is 24.3 Å². The number of rotatable bonds is 4. The molecule has 4 nitrogen and oxygen atoms in total. The van der Waals surface area contributed by atoms with Gasteiger partial charge in [0.15, 0.2) is 0 Å². The number of likely N-dealkylation sites (tertiary alicyclic amines) is 1. The summed E-state index contributed by atoms with van der Waals surface area (Å²) in [5.41, 5.74) is 2.78. The van der Waals surface area contributed by atoms with Crippen LogP contribution in [0, 0.1) is 6.92 Å². The quantitative estimate of drug-likeness (QED) is 0.896. The van der Waals surface area contributed by atoms with Crippen LogP contribution in [0.2, 0.25) is 0 Å². The van der Waals surface area contributed by atoms with Crippen molar-refractivity contribution in [2.75, 3.05) is 25.0 Å². The second-order valence-corrected chi connectivity index (χ2v) is 5.74. The molecular weight excluding hydrogens is 264 g/mol. The molecule has 1 atom stereocenters. The predicted molar refractivity (Wildman–Crippen MR) is 85.7 cm³/mol. The molecule has 0 aliphatic carbocycles. The molecule has 2 N–H and O–H groups in total. The smallest absolute Gasteiger partial charge is 0.254 e. The fourth-order valence-corrected chi connectivity index (χ4v) is 3.01. The normalized spacial score (nSPS) is 19.2. The largest absolute Gasteiger partial charge is 0.394 e. The molecule has 21 heavy (non-hydrogen) atoms. The van der Waals surface area contributed by atoms with Crippen LogP contribution in [-0.4, -0.2) is 41.7 Å². The number of aliphatic hydroxyl groups is 1. The minimum absolute atomic E-state index is 0.0344. The first kappa shape index (κ1) is 15.8. The van der Waals surface area contributed by atoms with Gasteiger partial charge in [-0.05, 0) is 50.5 Å². The van der Waals surface area contributed by atoms with Crippen LogP contribution in [0.15, 0.2) is 18.2 Å². The number of aliphatic hydroxyl groups excluding tert-OH is 1. The Labute approximate surface area is 127 Å². The van der Waals surface area contributed by atoms with E-state index in [9.17, 15) is 9.90 Å². The van der Waals surface area contributed by atoms with E-state index in [0.29, 0.717) is 0 Å². The summed E-state index contributed by atoms with van der Waals surface area (Å²) in [4.78, 5) is 14.7. The lowest BCUT2D eigenvalue weighted by Gasteiger charge is -2.29. The SMILES string of the molecule is CCNc1ccc(C(=O)N2CCCCCC2CO)c(C)c1. The topological polar surface area (TPSA) is 52.6 Å². The van der Waals surface area contributed by atoms with Gasteiger partial charge in [0.1, 0.15) is 0 Å². The number of hydrogen-bond acceptors (Lipinski definition) is 3. The van der Waals surface area contributed by atoms with Crippen molar-refractivity contribution >= 4 is 11.6 Å². The number of aryl methyl sites for hydroxylation is 1. The minimum atomic E-state index is -0.0344. The second kappa shape index (κ2) is 7.46. The third kappa shape index (κ3) is 3.76. The summed E-state index contributed by atoms with van der Waals surface area (Å²) in [6.07, 6.45) is 4.15. The number of hydrogen-bond donors (Lipinski definition) is 2. The van der Waals surface area contributed by atoms with Gasteiger partial charge in [0.05, 0.1) is 12.6 Å². The Hall–Kier alpha value is -1.55. The zero-order valence-corrected chi connectivity index (χ0v) is 13.1. The number of nitrogens with zero attached hydrogens (tertiary/aromatic N) is 1. The highest BCUT2D eigenvalue weighted by molar-refractivity contribution is 5.96. The average Bonchev–Trinajstić information content (AvgIpc) is 2.72. The highest BCUT2D eigenvalue weighted by Crippen LogP contribution is 2.22. The maximum atomic E-state index is 12.8. The molecular formula is C17H26N2O2. The van der Waals surface area contributed by atoms with Crippen molar-refractivity contribution in [3.05, 3.63) is 29.3 Å². The monoisotopic (exact) mass is 290 g/mol. The van der Waals surface area contributed by atoms with E-state index >= 15 is 0 Å². The molecule has 1 saturated heterocycles. The zero-order valence-electron chi connectivity index (χ0n) is 13.1. The Morgan fingerprint density at radius 3 is 2.86 bits per heavy atom. The van der Waals surface area contributed by atoms with Crippen LogP contribution in [0.5, 0.6) is 0 Å². The van der Waals surface area contributed by atoms with Gasteiger partial charge in [-0.1, -0.05) is 12.8 Å². The summed E-state index contributed by atoms with van der Waals surface area (Å²) >= 11 is 0. The number of carbonyl (C=O) groups excluding carboxylic acids is 1. The zero-order chi connectivity index (χ0) is 15.2. The number of benzene rings is 1. The lowest BCUT2D eigenvalue weighted by molar-refractivity contribution is 0.0599. The van der Waals surface area contributed by atoms with Gasteiger partial charge in [-0.2, -0.15) is 0 Å². The van der Waals surface area contributed by atoms with E-state index in [0.717, 1.165) is 55.6 Å². The van der Waals surface area contributed by atoms with Crippen molar-refractivity contribution in [1.82, 2.24) is 4.90 Å². The van der Waals surface area contributed by atoms with Crippen LogP contribution in [0.25, 0.3) is 0 Å². The number of anilines is 1. The molecule has 1 fully saturated rings. The minimum Gasteiger partial charge on any atom is -0.394 e. The molecule has 1 unspecified atom stereocenters. The molecule has 0 radical (unpaired) electrons. The lowest BCUT2D eigenvalue weighted by atomic mass is 10.0. The Balaban J connectivity index is 2.21. The van der Waals surface area contributed by atoms with Crippen molar-refractivity contribution in [3.8, 4) is 0 Å². The third-order valence-electron chi connectivity index (χ3n) is 4.19. The van der Waals surface area contributed by atoms with Crippen molar-refractivity contribution in [2.24, 2.45) is 0 Å². The summed E-state index contributed by atoms with van der Waals surface area (Å²) < 4.78 is 0. The van der Waals surface area contributed by atoms with Gasteiger partial charge in [0.25, 0.3) is 5.91 Å². The molecule has 1 amide bonds. The molecule has 4 heteroatoms. The van der Waals surface area contributed by atoms with Crippen molar-refractivity contribution in [1.29, 1.82) is 0 Å².